The maximum atomic E-state index is 12.3. The van der Waals surface area contributed by atoms with Crippen molar-refractivity contribution in [3.63, 3.8) is 0 Å². The highest BCUT2D eigenvalue weighted by Crippen LogP contribution is 2.17. The van der Waals surface area contributed by atoms with Gasteiger partial charge in [0.05, 0.1) is 11.3 Å². The molecule has 2 N–H and O–H groups in total. The first-order valence-corrected chi connectivity index (χ1v) is 6.28. The van der Waals surface area contributed by atoms with Crippen LogP contribution in [0, 0.1) is 13.8 Å². The van der Waals surface area contributed by atoms with E-state index >= 15 is 0 Å². The number of hydrogen-bond donors (Lipinski definition) is 2. The molecule has 0 aliphatic heterocycles. The number of aliphatic hydroxyl groups excluding tert-OH is 1. The minimum absolute atomic E-state index is 0.0651. The van der Waals surface area contributed by atoms with Gasteiger partial charge in [0.15, 0.2) is 0 Å². The molecule has 0 aromatic carbocycles. The van der Waals surface area contributed by atoms with Gasteiger partial charge in [0, 0.05) is 24.9 Å². The van der Waals surface area contributed by atoms with Crippen molar-refractivity contribution in [1.82, 2.24) is 15.1 Å². The lowest BCUT2D eigenvalue weighted by atomic mass is 9.94. The number of hydrogen-bond acceptors (Lipinski definition) is 3. The molecule has 0 saturated carbocycles. The van der Waals surface area contributed by atoms with E-state index in [4.69, 9.17) is 5.11 Å². The molecular weight excluding hydrogens is 230 g/mol. The molecule has 0 aliphatic carbocycles. The van der Waals surface area contributed by atoms with Gasteiger partial charge in [0.2, 0.25) is 0 Å². The highest BCUT2D eigenvalue weighted by molar-refractivity contribution is 5.96. The highest BCUT2D eigenvalue weighted by Gasteiger charge is 2.26. The zero-order chi connectivity index (χ0) is 13.9. The molecule has 5 nitrogen and oxygen atoms in total. The van der Waals surface area contributed by atoms with Gasteiger partial charge in [-0.25, -0.2) is 0 Å². The average molecular weight is 253 g/mol. The van der Waals surface area contributed by atoms with E-state index in [-0.39, 0.29) is 18.1 Å². The van der Waals surface area contributed by atoms with E-state index < -0.39 is 0 Å². The Kier molecular flexibility index (Phi) is 4.51. The van der Waals surface area contributed by atoms with Crippen molar-refractivity contribution in [2.24, 2.45) is 7.05 Å². The first-order valence-electron chi connectivity index (χ1n) is 6.28. The Bertz CT molecular complexity index is 440. The minimum atomic E-state index is -0.374. The molecule has 0 spiro atoms. The standard InChI is InChI=1S/C13H23N3O2/c1-6-13(4,7-8-17)14-12(18)11-9(2)15-16(5)10(11)3/h17H,6-8H2,1-5H3,(H,14,18). The third-order valence-corrected chi connectivity index (χ3v) is 3.60. The molecule has 18 heavy (non-hydrogen) atoms. The third kappa shape index (κ3) is 2.90. The van der Waals surface area contributed by atoms with Crippen LogP contribution in [0.25, 0.3) is 0 Å². The molecule has 0 bridgehead atoms. The summed E-state index contributed by atoms with van der Waals surface area (Å²) in [7, 11) is 1.83. The Morgan fingerprint density at radius 2 is 2.11 bits per heavy atom. The summed E-state index contributed by atoms with van der Waals surface area (Å²) in [6.45, 7) is 7.72. The summed E-state index contributed by atoms with van der Waals surface area (Å²) >= 11 is 0. The Balaban J connectivity index is 2.94. The van der Waals surface area contributed by atoms with Gasteiger partial charge in [-0.05, 0) is 33.6 Å². The molecule has 1 aromatic rings. The minimum Gasteiger partial charge on any atom is -0.396 e. The van der Waals surface area contributed by atoms with Crippen molar-refractivity contribution in [1.29, 1.82) is 0 Å². The van der Waals surface area contributed by atoms with Crippen molar-refractivity contribution in [2.45, 2.75) is 46.1 Å². The van der Waals surface area contributed by atoms with E-state index in [1.807, 2.05) is 34.7 Å². The molecule has 5 heteroatoms. The van der Waals surface area contributed by atoms with Gasteiger partial charge in [0.25, 0.3) is 5.91 Å². The summed E-state index contributed by atoms with van der Waals surface area (Å²) in [5, 5.41) is 16.3. The Hall–Kier alpha value is -1.36. The lowest BCUT2D eigenvalue weighted by molar-refractivity contribution is 0.0885. The van der Waals surface area contributed by atoms with E-state index in [9.17, 15) is 4.79 Å². The zero-order valence-electron chi connectivity index (χ0n) is 11.9. The van der Waals surface area contributed by atoms with Crippen LogP contribution in [0.4, 0.5) is 0 Å². The van der Waals surface area contributed by atoms with Crippen LogP contribution in [0.5, 0.6) is 0 Å². The SMILES string of the molecule is CCC(C)(CCO)NC(=O)c1c(C)nn(C)c1C. The lowest BCUT2D eigenvalue weighted by Crippen LogP contribution is -2.46. The number of carbonyl (C=O) groups excluding carboxylic acids is 1. The van der Waals surface area contributed by atoms with Gasteiger partial charge in [-0.1, -0.05) is 6.92 Å². The number of aryl methyl sites for hydroxylation is 2. The van der Waals surface area contributed by atoms with Gasteiger partial charge in [0.1, 0.15) is 0 Å². The molecule has 102 valence electrons. The van der Waals surface area contributed by atoms with E-state index in [0.717, 1.165) is 17.8 Å². The van der Waals surface area contributed by atoms with E-state index in [1.54, 1.807) is 4.68 Å². The fourth-order valence-electron chi connectivity index (χ4n) is 2.01. The molecule has 1 unspecified atom stereocenters. The molecule has 0 radical (unpaired) electrons. The highest BCUT2D eigenvalue weighted by atomic mass is 16.3. The van der Waals surface area contributed by atoms with E-state index in [0.29, 0.717) is 12.0 Å². The molecule has 0 aliphatic rings. The fraction of sp³-hybridized carbons (Fsp3) is 0.692. The molecule has 1 aromatic heterocycles. The topological polar surface area (TPSA) is 67.2 Å². The van der Waals surface area contributed by atoms with Gasteiger partial charge in [-0.15, -0.1) is 0 Å². The Morgan fingerprint density at radius 3 is 2.50 bits per heavy atom. The summed E-state index contributed by atoms with van der Waals surface area (Å²) in [6, 6.07) is 0. The first-order chi connectivity index (χ1) is 8.34. The number of aromatic nitrogens is 2. The average Bonchev–Trinajstić information content (AvgIpc) is 2.53. The Labute approximate surface area is 108 Å². The van der Waals surface area contributed by atoms with Crippen LogP contribution in [0.1, 0.15) is 48.4 Å². The number of aliphatic hydroxyl groups is 1. The second-order valence-corrected chi connectivity index (χ2v) is 5.01. The van der Waals surface area contributed by atoms with Crippen LogP contribution in [-0.2, 0) is 7.05 Å². The van der Waals surface area contributed by atoms with Gasteiger partial charge >= 0.3 is 0 Å². The van der Waals surface area contributed by atoms with E-state index in [2.05, 4.69) is 10.4 Å². The van der Waals surface area contributed by atoms with Gasteiger partial charge in [-0.2, -0.15) is 5.10 Å². The smallest absolute Gasteiger partial charge is 0.255 e. The number of amides is 1. The van der Waals surface area contributed by atoms with Gasteiger partial charge in [-0.3, -0.25) is 9.48 Å². The zero-order valence-corrected chi connectivity index (χ0v) is 11.9. The van der Waals surface area contributed by atoms with Crippen LogP contribution in [0.15, 0.2) is 0 Å². The second kappa shape index (κ2) is 5.52. The second-order valence-electron chi connectivity index (χ2n) is 5.01. The van der Waals surface area contributed by atoms with Crippen molar-refractivity contribution < 1.29 is 9.90 Å². The Morgan fingerprint density at radius 1 is 1.50 bits per heavy atom. The van der Waals surface area contributed by atoms with Crippen LogP contribution in [0.2, 0.25) is 0 Å². The first kappa shape index (κ1) is 14.7. The van der Waals surface area contributed by atoms with Crippen LogP contribution in [-0.4, -0.2) is 32.9 Å². The molecule has 1 amide bonds. The number of carbonyl (C=O) groups is 1. The van der Waals surface area contributed by atoms with Crippen LogP contribution in [0.3, 0.4) is 0 Å². The van der Waals surface area contributed by atoms with Crippen molar-refractivity contribution in [2.75, 3.05) is 6.61 Å². The fourth-order valence-corrected chi connectivity index (χ4v) is 2.01. The summed E-state index contributed by atoms with van der Waals surface area (Å²) in [5.41, 5.74) is 1.85. The van der Waals surface area contributed by atoms with Crippen molar-refractivity contribution >= 4 is 5.91 Å². The third-order valence-electron chi connectivity index (χ3n) is 3.60. The molecule has 1 atom stereocenters. The normalized spacial score (nSPS) is 14.3. The number of nitrogens with one attached hydrogen (secondary N) is 1. The maximum absolute atomic E-state index is 12.3. The number of rotatable bonds is 5. The molecule has 0 saturated heterocycles. The number of nitrogens with zero attached hydrogens (tertiary/aromatic N) is 2. The van der Waals surface area contributed by atoms with Crippen LogP contribution < -0.4 is 5.32 Å². The molecule has 1 heterocycles. The predicted molar refractivity (Wildman–Crippen MR) is 70.5 cm³/mol. The molecule has 0 fully saturated rings. The largest absolute Gasteiger partial charge is 0.396 e. The summed E-state index contributed by atoms with van der Waals surface area (Å²) < 4.78 is 1.71. The van der Waals surface area contributed by atoms with Crippen molar-refractivity contribution in [3.05, 3.63) is 17.0 Å². The quantitative estimate of drug-likeness (QED) is 0.831. The summed E-state index contributed by atoms with van der Waals surface area (Å²) in [4.78, 5) is 12.3. The maximum Gasteiger partial charge on any atom is 0.255 e. The van der Waals surface area contributed by atoms with Gasteiger partial charge < -0.3 is 10.4 Å². The summed E-state index contributed by atoms with van der Waals surface area (Å²) in [5.74, 6) is -0.115. The molecular formula is C13H23N3O2. The monoisotopic (exact) mass is 253 g/mol. The summed E-state index contributed by atoms with van der Waals surface area (Å²) in [6.07, 6.45) is 1.32. The molecule has 1 rings (SSSR count). The van der Waals surface area contributed by atoms with Crippen molar-refractivity contribution in [3.8, 4) is 0 Å². The van der Waals surface area contributed by atoms with Crippen LogP contribution >= 0.6 is 0 Å². The lowest BCUT2D eigenvalue weighted by Gasteiger charge is -2.29. The van der Waals surface area contributed by atoms with E-state index in [1.165, 1.54) is 0 Å². The predicted octanol–water partition coefficient (Wildman–Crippen LogP) is 1.32.